The molecule has 0 atom stereocenters. The lowest BCUT2D eigenvalue weighted by Crippen LogP contribution is -1.99. The third-order valence-electron chi connectivity index (χ3n) is 2.02. The van der Waals surface area contributed by atoms with E-state index in [-0.39, 0.29) is 5.69 Å². The van der Waals surface area contributed by atoms with Crippen LogP contribution in [0, 0.1) is 0 Å². The van der Waals surface area contributed by atoms with Crippen molar-refractivity contribution in [2.24, 2.45) is 0 Å². The third kappa shape index (κ3) is 1.29. The molecule has 0 aliphatic rings. The van der Waals surface area contributed by atoms with Gasteiger partial charge < -0.3 is 5.11 Å². The largest absolute Gasteiger partial charge is 0.477 e. The molecule has 2 aromatic rings. The minimum absolute atomic E-state index is 0.225. The van der Waals surface area contributed by atoms with Gasteiger partial charge in [-0.3, -0.25) is 4.40 Å². The van der Waals surface area contributed by atoms with Gasteiger partial charge in [0.2, 0.25) is 0 Å². The van der Waals surface area contributed by atoms with Crippen molar-refractivity contribution in [3.05, 3.63) is 23.0 Å². The summed E-state index contributed by atoms with van der Waals surface area (Å²) in [4.78, 5) is 16.7. The average molecular weight is 210 g/mol. The van der Waals surface area contributed by atoms with Crippen LogP contribution in [-0.4, -0.2) is 20.5 Å². The molecule has 0 bridgehead atoms. The molecule has 74 valence electrons. The molecule has 0 amide bonds. The summed E-state index contributed by atoms with van der Waals surface area (Å²) < 4.78 is 1.63. The number of imidazole rings is 1. The summed E-state index contributed by atoms with van der Waals surface area (Å²) in [6, 6.07) is 0. The van der Waals surface area contributed by atoms with Gasteiger partial charge >= 0.3 is 5.97 Å². The van der Waals surface area contributed by atoms with Crippen molar-refractivity contribution in [2.75, 3.05) is 0 Å². The van der Waals surface area contributed by atoms with Crippen molar-refractivity contribution < 1.29 is 9.90 Å². The SMILES string of the molecule is CC(C)c1cn2c(C(=O)O)cnc2s1. The van der Waals surface area contributed by atoms with Gasteiger partial charge in [-0.25, -0.2) is 9.78 Å². The second-order valence-electron chi connectivity index (χ2n) is 3.39. The van der Waals surface area contributed by atoms with Crippen LogP contribution in [0.4, 0.5) is 0 Å². The normalized spacial score (nSPS) is 11.4. The quantitative estimate of drug-likeness (QED) is 0.826. The van der Waals surface area contributed by atoms with E-state index in [9.17, 15) is 4.79 Å². The molecule has 2 aromatic heterocycles. The summed E-state index contributed by atoms with van der Waals surface area (Å²) in [5, 5.41) is 8.86. The second-order valence-corrected chi connectivity index (χ2v) is 4.43. The highest BCUT2D eigenvalue weighted by Gasteiger charge is 2.14. The van der Waals surface area contributed by atoms with Crippen LogP contribution < -0.4 is 0 Å². The molecule has 14 heavy (non-hydrogen) atoms. The molecule has 2 rings (SSSR count). The standard InChI is InChI=1S/C9H10N2O2S/c1-5(2)7-4-11-6(8(12)13)3-10-9(11)14-7/h3-5H,1-2H3,(H,12,13). The van der Waals surface area contributed by atoms with E-state index in [1.165, 1.54) is 17.5 Å². The van der Waals surface area contributed by atoms with Gasteiger partial charge in [-0.2, -0.15) is 0 Å². The fourth-order valence-corrected chi connectivity index (χ4v) is 2.19. The first-order chi connectivity index (χ1) is 6.59. The van der Waals surface area contributed by atoms with Crippen molar-refractivity contribution in [2.45, 2.75) is 19.8 Å². The maximum Gasteiger partial charge on any atom is 0.354 e. The van der Waals surface area contributed by atoms with E-state index in [2.05, 4.69) is 18.8 Å². The van der Waals surface area contributed by atoms with E-state index in [1.54, 1.807) is 4.40 Å². The Bertz CT molecular complexity index is 484. The highest BCUT2D eigenvalue weighted by Crippen LogP contribution is 2.25. The zero-order chi connectivity index (χ0) is 10.3. The molecule has 0 fully saturated rings. The zero-order valence-electron chi connectivity index (χ0n) is 7.89. The van der Waals surface area contributed by atoms with Gasteiger partial charge in [-0.05, 0) is 5.92 Å². The van der Waals surface area contributed by atoms with Crippen LogP contribution in [0.2, 0.25) is 0 Å². The summed E-state index contributed by atoms with van der Waals surface area (Å²) in [7, 11) is 0. The molecule has 0 unspecified atom stereocenters. The number of nitrogens with zero attached hydrogens (tertiary/aromatic N) is 2. The van der Waals surface area contributed by atoms with Gasteiger partial charge in [0, 0.05) is 11.1 Å². The van der Waals surface area contributed by atoms with Gasteiger partial charge in [0.1, 0.15) is 0 Å². The highest BCUT2D eigenvalue weighted by molar-refractivity contribution is 7.17. The molecular weight excluding hydrogens is 200 g/mol. The predicted octanol–water partition coefficient (Wildman–Crippen LogP) is 2.22. The number of thiazole rings is 1. The van der Waals surface area contributed by atoms with Crippen LogP contribution in [-0.2, 0) is 0 Å². The Morgan fingerprint density at radius 3 is 2.93 bits per heavy atom. The number of carbonyl (C=O) groups is 1. The lowest BCUT2D eigenvalue weighted by atomic mass is 10.2. The average Bonchev–Trinajstić information content (AvgIpc) is 2.58. The summed E-state index contributed by atoms with van der Waals surface area (Å²) in [5.41, 5.74) is 0.225. The maximum absolute atomic E-state index is 10.8. The molecule has 0 aliphatic heterocycles. The Labute approximate surface area is 84.8 Å². The number of hydrogen-bond acceptors (Lipinski definition) is 3. The molecule has 0 aromatic carbocycles. The molecule has 0 spiro atoms. The number of rotatable bonds is 2. The molecule has 0 aliphatic carbocycles. The van der Waals surface area contributed by atoms with E-state index >= 15 is 0 Å². The van der Waals surface area contributed by atoms with Crippen molar-refractivity contribution >= 4 is 22.3 Å². The topological polar surface area (TPSA) is 54.6 Å². The van der Waals surface area contributed by atoms with E-state index in [1.807, 2.05) is 6.20 Å². The van der Waals surface area contributed by atoms with Crippen molar-refractivity contribution in [1.29, 1.82) is 0 Å². The lowest BCUT2D eigenvalue weighted by Gasteiger charge is -1.96. The van der Waals surface area contributed by atoms with E-state index < -0.39 is 5.97 Å². The van der Waals surface area contributed by atoms with Crippen LogP contribution in [0.3, 0.4) is 0 Å². The molecule has 5 heteroatoms. The monoisotopic (exact) mass is 210 g/mol. The Morgan fingerprint density at radius 1 is 1.64 bits per heavy atom. The maximum atomic E-state index is 10.8. The summed E-state index contributed by atoms with van der Waals surface area (Å²) in [6.07, 6.45) is 3.24. The summed E-state index contributed by atoms with van der Waals surface area (Å²) in [5.74, 6) is -0.533. The number of hydrogen-bond donors (Lipinski definition) is 1. The van der Waals surface area contributed by atoms with Crippen LogP contribution in [0.15, 0.2) is 12.4 Å². The Morgan fingerprint density at radius 2 is 2.36 bits per heavy atom. The summed E-state index contributed by atoms with van der Waals surface area (Å²) >= 11 is 1.53. The number of aromatic carboxylic acids is 1. The van der Waals surface area contributed by atoms with E-state index in [4.69, 9.17) is 5.11 Å². The third-order valence-corrected chi connectivity index (χ3v) is 3.31. The van der Waals surface area contributed by atoms with E-state index in [0.717, 1.165) is 9.84 Å². The predicted molar refractivity (Wildman–Crippen MR) is 54.1 cm³/mol. The van der Waals surface area contributed by atoms with Crippen LogP contribution >= 0.6 is 11.3 Å². The Hall–Kier alpha value is -1.36. The smallest absolute Gasteiger partial charge is 0.354 e. The Balaban J connectivity index is 2.61. The lowest BCUT2D eigenvalue weighted by molar-refractivity contribution is 0.0689. The van der Waals surface area contributed by atoms with Crippen molar-refractivity contribution in [1.82, 2.24) is 9.38 Å². The molecule has 0 radical (unpaired) electrons. The van der Waals surface area contributed by atoms with Gasteiger partial charge in [-0.15, -0.1) is 11.3 Å². The van der Waals surface area contributed by atoms with Crippen molar-refractivity contribution in [3.8, 4) is 0 Å². The molecular formula is C9H10N2O2S. The number of fused-ring (bicyclic) bond motifs is 1. The Kier molecular flexibility index (Phi) is 2.03. The molecule has 4 nitrogen and oxygen atoms in total. The first kappa shape index (κ1) is 9.21. The zero-order valence-corrected chi connectivity index (χ0v) is 8.71. The van der Waals surface area contributed by atoms with E-state index in [0.29, 0.717) is 5.92 Å². The van der Waals surface area contributed by atoms with Crippen LogP contribution in [0.5, 0.6) is 0 Å². The summed E-state index contributed by atoms with van der Waals surface area (Å²) in [6.45, 7) is 4.15. The van der Waals surface area contributed by atoms with Gasteiger partial charge in [0.05, 0.1) is 6.20 Å². The van der Waals surface area contributed by atoms with Gasteiger partial charge in [0.25, 0.3) is 0 Å². The number of aromatic nitrogens is 2. The first-order valence-corrected chi connectivity index (χ1v) is 5.11. The molecule has 1 N–H and O–H groups in total. The second kappa shape index (κ2) is 3.09. The van der Waals surface area contributed by atoms with Crippen molar-refractivity contribution in [3.63, 3.8) is 0 Å². The first-order valence-electron chi connectivity index (χ1n) is 4.29. The molecule has 0 saturated carbocycles. The number of carboxylic acids is 1. The van der Waals surface area contributed by atoms with Gasteiger partial charge in [0.15, 0.2) is 10.7 Å². The van der Waals surface area contributed by atoms with Crippen LogP contribution in [0.1, 0.15) is 35.1 Å². The number of carboxylic acid groups (broad SMARTS) is 1. The molecule has 0 saturated heterocycles. The molecule has 2 heterocycles. The fourth-order valence-electron chi connectivity index (χ4n) is 1.23. The van der Waals surface area contributed by atoms with Gasteiger partial charge in [-0.1, -0.05) is 13.8 Å². The minimum Gasteiger partial charge on any atom is -0.477 e. The minimum atomic E-state index is -0.939. The van der Waals surface area contributed by atoms with Crippen LogP contribution in [0.25, 0.3) is 4.96 Å². The highest BCUT2D eigenvalue weighted by atomic mass is 32.1. The fraction of sp³-hybridized carbons (Fsp3) is 0.333.